The summed E-state index contributed by atoms with van der Waals surface area (Å²) >= 11 is 8.62. The Kier molecular flexibility index (Phi) is 5.67. The van der Waals surface area contributed by atoms with Crippen LogP contribution in [0.3, 0.4) is 0 Å². The largest absolute Gasteiger partial charge is 0.318 e. The molecule has 3 rings (SSSR count). The van der Waals surface area contributed by atoms with Gasteiger partial charge in [0.2, 0.25) is 0 Å². The minimum Gasteiger partial charge on any atom is -0.318 e. The van der Waals surface area contributed by atoms with Crippen LogP contribution in [0.5, 0.6) is 0 Å². The Morgan fingerprint density at radius 3 is 2.57 bits per heavy atom. The van der Waals surface area contributed by atoms with Gasteiger partial charge in [-0.25, -0.2) is 0 Å². The lowest BCUT2D eigenvalue weighted by molar-refractivity contribution is -0.128. The van der Waals surface area contributed by atoms with E-state index in [-0.39, 0.29) is 17.2 Å². The predicted molar refractivity (Wildman–Crippen MR) is 118 cm³/mol. The second-order valence-electron chi connectivity index (χ2n) is 6.62. The topological polar surface area (TPSA) is 54.3 Å². The van der Waals surface area contributed by atoms with Crippen LogP contribution in [0.4, 0.5) is 0 Å². The number of halogens is 1. The van der Waals surface area contributed by atoms with E-state index in [9.17, 15) is 9.59 Å². The maximum atomic E-state index is 12.7. The van der Waals surface area contributed by atoms with Crippen molar-refractivity contribution >= 4 is 51.2 Å². The van der Waals surface area contributed by atoms with Crippen molar-refractivity contribution in [2.45, 2.75) is 20.8 Å². The first-order valence-corrected chi connectivity index (χ1v) is 9.90. The van der Waals surface area contributed by atoms with E-state index in [4.69, 9.17) is 12.2 Å². The Hall–Kier alpha value is -2.51. The van der Waals surface area contributed by atoms with Gasteiger partial charge >= 0.3 is 0 Å². The van der Waals surface area contributed by atoms with Crippen LogP contribution in [0.25, 0.3) is 11.8 Å². The number of rotatable bonds is 4. The average molecular weight is 458 g/mol. The number of carbonyl (C=O) groups excluding carboxylic acids is 2. The van der Waals surface area contributed by atoms with Crippen LogP contribution in [0.2, 0.25) is 0 Å². The molecule has 1 aliphatic heterocycles. The van der Waals surface area contributed by atoms with E-state index in [2.05, 4.69) is 38.5 Å². The van der Waals surface area contributed by atoms with E-state index in [0.29, 0.717) is 0 Å². The summed E-state index contributed by atoms with van der Waals surface area (Å²) in [5.41, 5.74) is 4.96. The highest BCUT2D eigenvalue weighted by atomic mass is 79.9. The fourth-order valence-corrected chi connectivity index (χ4v) is 3.74. The van der Waals surface area contributed by atoms with E-state index in [1.165, 1.54) is 4.90 Å². The van der Waals surface area contributed by atoms with Gasteiger partial charge in [-0.2, -0.15) is 0 Å². The molecule has 1 aromatic heterocycles. The fraction of sp³-hybridized carbons (Fsp3) is 0.190. The molecule has 28 heavy (non-hydrogen) atoms. The van der Waals surface area contributed by atoms with Crippen molar-refractivity contribution in [2.24, 2.45) is 0 Å². The molecule has 0 spiro atoms. The molecule has 1 fully saturated rings. The van der Waals surface area contributed by atoms with Gasteiger partial charge in [-0.15, -0.1) is 6.58 Å². The van der Waals surface area contributed by atoms with Crippen LogP contribution in [0, 0.1) is 20.8 Å². The van der Waals surface area contributed by atoms with E-state index in [0.717, 1.165) is 32.7 Å². The van der Waals surface area contributed by atoms with Gasteiger partial charge in [0.15, 0.2) is 5.11 Å². The van der Waals surface area contributed by atoms with Gasteiger partial charge in [-0.1, -0.05) is 22.0 Å². The predicted octanol–water partition coefficient (Wildman–Crippen LogP) is 3.98. The molecule has 2 aromatic rings. The van der Waals surface area contributed by atoms with Gasteiger partial charge < -0.3 is 4.57 Å². The van der Waals surface area contributed by atoms with Gasteiger partial charge in [0.25, 0.3) is 11.8 Å². The van der Waals surface area contributed by atoms with Gasteiger partial charge in [-0.05, 0) is 74.5 Å². The number of nitrogens with one attached hydrogen (secondary N) is 1. The summed E-state index contributed by atoms with van der Waals surface area (Å²) in [5, 5.41) is 2.67. The SMILES string of the molecule is C=CCN1C(=O)/C(=C/c2cc(C)n(-c3ccc(Br)c(C)c3)c2C)C(=O)NC1=S. The Morgan fingerprint density at radius 1 is 1.21 bits per heavy atom. The lowest BCUT2D eigenvalue weighted by atomic mass is 10.1. The zero-order chi connectivity index (χ0) is 20.6. The molecule has 2 amide bonds. The number of hydrogen-bond acceptors (Lipinski definition) is 3. The quantitative estimate of drug-likeness (QED) is 0.327. The van der Waals surface area contributed by atoms with Crippen molar-refractivity contribution in [3.05, 3.63) is 69.5 Å². The molecule has 5 nitrogen and oxygen atoms in total. The molecular weight excluding hydrogens is 438 g/mol. The van der Waals surface area contributed by atoms with Gasteiger partial charge in [0, 0.05) is 28.1 Å². The minimum absolute atomic E-state index is 0.0580. The first-order valence-electron chi connectivity index (χ1n) is 8.69. The average Bonchev–Trinajstić information content (AvgIpc) is 2.91. The number of thiocarbonyl (C=S) groups is 1. The molecule has 1 aromatic carbocycles. The summed E-state index contributed by atoms with van der Waals surface area (Å²) in [4.78, 5) is 26.4. The summed E-state index contributed by atoms with van der Waals surface area (Å²) < 4.78 is 3.15. The molecule has 144 valence electrons. The first-order chi connectivity index (χ1) is 13.2. The second-order valence-corrected chi connectivity index (χ2v) is 7.86. The Labute approximate surface area is 177 Å². The summed E-state index contributed by atoms with van der Waals surface area (Å²) in [5.74, 6) is -0.905. The van der Waals surface area contributed by atoms with Crippen LogP contribution in [-0.2, 0) is 9.59 Å². The maximum absolute atomic E-state index is 12.7. The van der Waals surface area contributed by atoms with Crippen LogP contribution in [0.1, 0.15) is 22.5 Å². The number of aromatic nitrogens is 1. The molecule has 0 atom stereocenters. The number of benzene rings is 1. The molecule has 0 radical (unpaired) electrons. The molecule has 0 aliphatic carbocycles. The highest BCUT2D eigenvalue weighted by Gasteiger charge is 2.32. The number of aryl methyl sites for hydroxylation is 2. The minimum atomic E-state index is -0.486. The Balaban J connectivity index is 2.06. The van der Waals surface area contributed by atoms with Crippen LogP contribution >= 0.6 is 28.1 Å². The van der Waals surface area contributed by atoms with Crippen molar-refractivity contribution in [2.75, 3.05) is 6.54 Å². The third kappa shape index (κ3) is 3.59. The summed E-state index contributed by atoms with van der Waals surface area (Å²) in [6, 6.07) is 8.08. The normalized spacial score (nSPS) is 15.9. The third-order valence-corrected chi connectivity index (χ3v) is 5.88. The zero-order valence-electron chi connectivity index (χ0n) is 15.9. The van der Waals surface area contributed by atoms with Crippen molar-refractivity contribution in [1.29, 1.82) is 0 Å². The molecule has 1 N–H and O–H groups in total. The first kappa shape index (κ1) is 20.2. The number of nitrogens with zero attached hydrogens (tertiary/aromatic N) is 2. The molecule has 1 aliphatic rings. The molecule has 7 heteroatoms. The number of carbonyl (C=O) groups is 2. The monoisotopic (exact) mass is 457 g/mol. The van der Waals surface area contributed by atoms with E-state index in [1.807, 2.05) is 39.0 Å². The van der Waals surface area contributed by atoms with Crippen LogP contribution in [-0.4, -0.2) is 32.9 Å². The summed E-state index contributed by atoms with van der Waals surface area (Å²) in [6.07, 6.45) is 3.20. The second kappa shape index (κ2) is 7.85. The summed E-state index contributed by atoms with van der Waals surface area (Å²) in [6.45, 7) is 9.87. The van der Waals surface area contributed by atoms with E-state index >= 15 is 0 Å². The molecule has 2 heterocycles. The Morgan fingerprint density at radius 2 is 1.93 bits per heavy atom. The fourth-order valence-electron chi connectivity index (χ4n) is 3.24. The summed E-state index contributed by atoms with van der Waals surface area (Å²) in [7, 11) is 0. The lowest BCUT2D eigenvalue weighted by Crippen LogP contribution is -2.53. The smallest absolute Gasteiger partial charge is 0.265 e. The molecule has 0 saturated carbocycles. The van der Waals surface area contributed by atoms with E-state index < -0.39 is 11.8 Å². The molecule has 0 bridgehead atoms. The van der Waals surface area contributed by atoms with Gasteiger partial charge in [0.1, 0.15) is 5.57 Å². The van der Waals surface area contributed by atoms with Crippen molar-refractivity contribution in [1.82, 2.24) is 14.8 Å². The maximum Gasteiger partial charge on any atom is 0.265 e. The highest BCUT2D eigenvalue weighted by Crippen LogP contribution is 2.26. The van der Waals surface area contributed by atoms with Gasteiger partial charge in [0.05, 0.1) is 0 Å². The molecular formula is C21H20BrN3O2S. The number of amides is 2. The van der Waals surface area contributed by atoms with Gasteiger partial charge in [-0.3, -0.25) is 19.8 Å². The van der Waals surface area contributed by atoms with E-state index in [1.54, 1.807) is 12.2 Å². The standard InChI is InChI=1S/C21H20BrN3O2S/c1-5-8-24-20(27)17(19(26)23-21(24)28)11-15-10-13(3)25(14(15)4)16-6-7-18(22)12(2)9-16/h5-7,9-11H,1,8H2,2-4H3,(H,23,26,28)/b17-11+. The van der Waals surface area contributed by atoms with Crippen molar-refractivity contribution < 1.29 is 9.59 Å². The number of hydrogen-bond donors (Lipinski definition) is 1. The lowest BCUT2D eigenvalue weighted by Gasteiger charge is -2.27. The highest BCUT2D eigenvalue weighted by molar-refractivity contribution is 9.10. The zero-order valence-corrected chi connectivity index (χ0v) is 18.3. The van der Waals surface area contributed by atoms with Crippen LogP contribution in [0.15, 0.2) is 47.0 Å². The Bertz CT molecular complexity index is 1050. The molecule has 1 saturated heterocycles. The van der Waals surface area contributed by atoms with Crippen molar-refractivity contribution in [3.8, 4) is 5.69 Å². The van der Waals surface area contributed by atoms with Crippen molar-refractivity contribution in [3.63, 3.8) is 0 Å². The van der Waals surface area contributed by atoms with Crippen LogP contribution < -0.4 is 5.32 Å². The third-order valence-electron chi connectivity index (χ3n) is 4.67. The molecule has 0 unspecified atom stereocenters.